The van der Waals surface area contributed by atoms with Gasteiger partial charge in [-0.1, -0.05) is 19.9 Å². The molecule has 42 heavy (non-hydrogen) atoms. The van der Waals surface area contributed by atoms with Gasteiger partial charge in [0.1, 0.15) is 6.04 Å². The van der Waals surface area contributed by atoms with Crippen LogP contribution in [0.4, 0.5) is 5.69 Å². The van der Waals surface area contributed by atoms with Gasteiger partial charge in [0.15, 0.2) is 11.5 Å². The number of rotatable bonds is 12. The van der Waals surface area contributed by atoms with E-state index < -0.39 is 12.1 Å². The molecule has 0 saturated heterocycles. The van der Waals surface area contributed by atoms with Crippen LogP contribution in [0.2, 0.25) is 0 Å². The Bertz CT molecular complexity index is 1370. The molecule has 0 saturated carbocycles. The van der Waals surface area contributed by atoms with Crippen LogP contribution in [0.25, 0.3) is 11.1 Å². The van der Waals surface area contributed by atoms with Crippen LogP contribution in [0, 0.1) is 5.92 Å². The molecule has 1 aliphatic rings. The minimum atomic E-state index is -0.713. The van der Waals surface area contributed by atoms with Crippen LogP contribution in [-0.4, -0.2) is 58.8 Å². The van der Waals surface area contributed by atoms with Gasteiger partial charge in [0.25, 0.3) is 0 Å². The van der Waals surface area contributed by atoms with Crippen molar-refractivity contribution in [2.24, 2.45) is 5.92 Å². The SMILES string of the molecule is COC(=O)CCCNC(=O)C(Nc1ccc2c(cc1=O)C(NC(C)=O)CCc1cc(OC)c(OC)c(OC)c1-2)C(C)C. The maximum atomic E-state index is 13.6. The normalized spacial score (nSPS) is 14.4. The largest absolute Gasteiger partial charge is 0.493 e. The van der Waals surface area contributed by atoms with Crippen molar-refractivity contribution >= 4 is 23.5 Å². The van der Waals surface area contributed by atoms with Crippen molar-refractivity contribution in [3.05, 3.63) is 45.6 Å². The summed E-state index contributed by atoms with van der Waals surface area (Å²) in [7, 11) is 5.94. The Balaban J connectivity index is 2.10. The second-order valence-corrected chi connectivity index (χ2v) is 10.4. The Morgan fingerprint density at radius 2 is 1.71 bits per heavy atom. The number of hydrogen-bond acceptors (Lipinski definition) is 9. The first-order valence-corrected chi connectivity index (χ1v) is 13.9. The lowest BCUT2D eigenvalue weighted by Crippen LogP contribution is -2.44. The third-order valence-electron chi connectivity index (χ3n) is 7.26. The van der Waals surface area contributed by atoms with E-state index in [4.69, 9.17) is 14.2 Å². The zero-order valence-electron chi connectivity index (χ0n) is 25.3. The van der Waals surface area contributed by atoms with Gasteiger partial charge in [-0.15, -0.1) is 0 Å². The minimum absolute atomic E-state index is 0.155. The molecule has 0 aromatic heterocycles. The Morgan fingerprint density at radius 1 is 1.00 bits per heavy atom. The average molecular weight is 584 g/mol. The summed E-state index contributed by atoms with van der Waals surface area (Å²) in [6.45, 7) is 5.49. The predicted octanol–water partition coefficient (Wildman–Crippen LogP) is 3.37. The summed E-state index contributed by atoms with van der Waals surface area (Å²) in [5.41, 5.74) is 2.87. The van der Waals surface area contributed by atoms with Crippen molar-refractivity contribution in [3.63, 3.8) is 0 Å². The zero-order valence-corrected chi connectivity index (χ0v) is 25.3. The number of aryl methyl sites for hydroxylation is 1. The molecular formula is C31H41N3O8. The molecule has 2 aromatic carbocycles. The first kappa shape index (κ1) is 32.2. The molecule has 2 aromatic rings. The van der Waals surface area contributed by atoms with E-state index in [2.05, 4.69) is 20.7 Å². The molecule has 228 valence electrons. The van der Waals surface area contributed by atoms with E-state index in [0.29, 0.717) is 54.2 Å². The van der Waals surface area contributed by atoms with Gasteiger partial charge >= 0.3 is 5.97 Å². The maximum absolute atomic E-state index is 13.6. The highest BCUT2D eigenvalue weighted by Gasteiger charge is 2.30. The monoisotopic (exact) mass is 583 g/mol. The number of ether oxygens (including phenoxy) is 4. The molecule has 0 aliphatic heterocycles. The number of carbonyl (C=O) groups is 3. The van der Waals surface area contributed by atoms with E-state index >= 15 is 0 Å². The Morgan fingerprint density at radius 3 is 2.31 bits per heavy atom. The van der Waals surface area contributed by atoms with Crippen LogP contribution in [0.3, 0.4) is 0 Å². The molecule has 3 N–H and O–H groups in total. The number of esters is 1. The van der Waals surface area contributed by atoms with Crippen molar-refractivity contribution in [1.29, 1.82) is 0 Å². The van der Waals surface area contributed by atoms with Crippen LogP contribution in [-0.2, 0) is 25.5 Å². The molecule has 0 heterocycles. The molecule has 1 aliphatic carbocycles. The van der Waals surface area contributed by atoms with Gasteiger partial charge in [0.05, 0.1) is 40.2 Å². The minimum Gasteiger partial charge on any atom is -0.493 e. The number of anilines is 1. The van der Waals surface area contributed by atoms with E-state index in [0.717, 1.165) is 11.1 Å². The highest BCUT2D eigenvalue weighted by atomic mass is 16.5. The molecule has 2 amide bonds. The van der Waals surface area contributed by atoms with Gasteiger partial charge < -0.3 is 34.9 Å². The summed E-state index contributed by atoms with van der Waals surface area (Å²) in [6, 6.07) is 5.69. The number of fused-ring (bicyclic) bond motifs is 3. The second-order valence-electron chi connectivity index (χ2n) is 10.4. The number of hydrogen-bond donors (Lipinski definition) is 3. The van der Waals surface area contributed by atoms with E-state index in [1.165, 1.54) is 27.2 Å². The standard InChI is InChI=1S/C31H41N3O8/c1-17(2)28(31(38)32-14-8-9-26(37)40-5)34-23-13-11-20-21(16-24(23)36)22(33-18(3)35)12-10-19-15-25(39-4)29(41-6)30(42-7)27(19)20/h11,13,15-17,22,28H,8-10,12,14H2,1-7H3,(H,32,38)(H,33,35)(H,34,36). The number of benzene rings is 1. The Labute approximate surface area is 246 Å². The fourth-order valence-electron chi connectivity index (χ4n) is 5.19. The van der Waals surface area contributed by atoms with Crippen LogP contribution in [0.15, 0.2) is 29.1 Å². The lowest BCUT2D eigenvalue weighted by molar-refractivity contribution is -0.140. The Hall–Kier alpha value is -4.28. The summed E-state index contributed by atoms with van der Waals surface area (Å²) in [5.74, 6) is 0.370. The molecule has 11 nitrogen and oxygen atoms in total. The summed E-state index contributed by atoms with van der Waals surface area (Å²) < 4.78 is 21.7. The summed E-state index contributed by atoms with van der Waals surface area (Å²) >= 11 is 0. The highest BCUT2D eigenvalue weighted by molar-refractivity contribution is 5.86. The van der Waals surface area contributed by atoms with Crippen molar-refractivity contribution < 1.29 is 33.3 Å². The molecule has 0 bridgehead atoms. The topological polar surface area (TPSA) is 141 Å². The molecule has 2 atom stereocenters. The van der Waals surface area contributed by atoms with E-state index in [1.54, 1.807) is 26.4 Å². The van der Waals surface area contributed by atoms with Gasteiger partial charge in [0, 0.05) is 25.5 Å². The van der Waals surface area contributed by atoms with Gasteiger partial charge in [-0.3, -0.25) is 19.2 Å². The molecule has 2 unspecified atom stereocenters. The lowest BCUT2D eigenvalue weighted by atomic mass is 9.95. The average Bonchev–Trinajstić information content (AvgIpc) is 3.20. The molecule has 3 rings (SSSR count). The van der Waals surface area contributed by atoms with Crippen LogP contribution < -0.4 is 35.6 Å². The summed E-state index contributed by atoms with van der Waals surface area (Å²) in [5, 5.41) is 8.96. The molecular weight excluding hydrogens is 542 g/mol. The second kappa shape index (κ2) is 14.6. The maximum Gasteiger partial charge on any atom is 0.305 e. The molecule has 11 heteroatoms. The zero-order chi connectivity index (χ0) is 31.0. The van der Waals surface area contributed by atoms with Crippen molar-refractivity contribution in [3.8, 4) is 28.4 Å². The fourth-order valence-corrected chi connectivity index (χ4v) is 5.19. The fraction of sp³-hybridized carbons (Fsp3) is 0.484. The van der Waals surface area contributed by atoms with Gasteiger partial charge in [-0.25, -0.2) is 0 Å². The summed E-state index contributed by atoms with van der Waals surface area (Å²) in [4.78, 5) is 50.3. The van der Waals surface area contributed by atoms with E-state index in [9.17, 15) is 19.2 Å². The molecule has 0 spiro atoms. The van der Waals surface area contributed by atoms with Crippen molar-refractivity contribution in [2.45, 2.75) is 58.5 Å². The smallest absolute Gasteiger partial charge is 0.305 e. The third-order valence-corrected chi connectivity index (χ3v) is 7.26. The van der Waals surface area contributed by atoms with Gasteiger partial charge in [-0.05, 0) is 60.1 Å². The lowest BCUT2D eigenvalue weighted by Gasteiger charge is -2.22. The Kier molecular flexibility index (Phi) is 11.2. The van der Waals surface area contributed by atoms with Crippen molar-refractivity contribution in [2.75, 3.05) is 40.3 Å². The van der Waals surface area contributed by atoms with E-state index in [-0.39, 0.29) is 41.2 Å². The van der Waals surface area contributed by atoms with Gasteiger partial charge in [-0.2, -0.15) is 0 Å². The molecule has 0 radical (unpaired) electrons. The van der Waals surface area contributed by atoms with Crippen LogP contribution >= 0.6 is 0 Å². The number of amides is 2. The summed E-state index contributed by atoms with van der Waals surface area (Å²) in [6.07, 6.45) is 1.74. The quantitative estimate of drug-likeness (QED) is 0.253. The number of nitrogens with one attached hydrogen (secondary N) is 3. The number of carbonyl (C=O) groups excluding carboxylic acids is 3. The van der Waals surface area contributed by atoms with Crippen molar-refractivity contribution in [1.82, 2.24) is 10.6 Å². The number of methoxy groups -OCH3 is 4. The molecule has 0 fully saturated rings. The van der Waals surface area contributed by atoms with Gasteiger partial charge in [0.2, 0.25) is 23.0 Å². The predicted molar refractivity (Wildman–Crippen MR) is 159 cm³/mol. The van der Waals surface area contributed by atoms with E-state index in [1.807, 2.05) is 19.9 Å². The first-order valence-electron chi connectivity index (χ1n) is 13.9. The first-order chi connectivity index (χ1) is 20.1. The van der Waals surface area contributed by atoms with Crippen LogP contribution in [0.5, 0.6) is 17.2 Å². The van der Waals surface area contributed by atoms with Crippen LogP contribution in [0.1, 0.15) is 57.2 Å². The highest BCUT2D eigenvalue weighted by Crippen LogP contribution is 2.50. The third kappa shape index (κ3) is 7.32.